The maximum absolute atomic E-state index is 12.2. The summed E-state index contributed by atoms with van der Waals surface area (Å²) >= 11 is 0. The molecule has 22 heavy (non-hydrogen) atoms. The van der Waals surface area contributed by atoms with Gasteiger partial charge in [0.25, 0.3) is 10.0 Å². The van der Waals surface area contributed by atoms with Gasteiger partial charge in [-0.05, 0) is 24.6 Å². The van der Waals surface area contributed by atoms with Crippen LogP contribution >= 0.6 is 0 Å². The molecular weight excluding hydrogens is 312 g/mol. The van der Waals surface area contributed by atoms with Crippen LogP contribution in [0.2, 0.25) is 0 Å². The molecule has 2 aromatic rings. The lowest BCUT2D eigenvalue weighted by Crippen LogP contribution is -2.16. The molecule has 4 N–H and O–H groups in total. The lowest BCUT2D eigenvalue weighted by Gasteiger charge is -2.12. The molecular formula is C13H12N2O6S. The number of carboxylic acid groups (broad SMARTS) is 2. The van der Waals surface area contributed by atoms with E-state index in [-0.39, 0.29) is 21.8 Å². The molecule has 0 aliphatic carbocycles. The molecule has 116 valence electrons. The molecule has 0 radical (unpaired) electrons. The van der Waals surface area contributed by atoms with Gasteiger partial charge in [0.05, 0.1) is 11.3 Å². The minimum Gasteiger partial charge on any atom is -0.478 e. The zero-order valence-corrected chi connectivity index (χ0v) is 12.1. The van der Waals surface area contributed by atoms with E-state index < -0.39 is 22.0 Å². The minimum absolute atomic E-state index is 0.0620. The van der Waals surface area contributed by atoms with Crippen LogP contribution in [-0.4, -0.2) is 35.6 Å². The lowest BCUT2D eigenvalue weighted by molar-refractivity contribution is 0.0683. The number of para-hydroxylation sites is 1. The van der Waals surface area contributed by atoms with Crippen molar-refractivity contribution in [3.8, 4) is 0 Å². The van der Waals surface area contributed by atoms with Crippen LogP contribution in [0.5, 0.6) is 0 Å². The predicted octanol–water partition coefficient (Wildman–Crippen LogP) is 1.52. The second-order valence-electron chi connectivity index (χ2n) is 4.46. The summed E-state index contributed by atoms with van der Waals surface area (Å²) in [7, 11) is -4.11. The largest absolute Gasteiger partial charge is 0.478 e. The monoisotopic (exact) mass is 324 g/mol. The molecule has 1 aromatic heterocycles. The Bertz CT molecular complexity index is 853. The van der Waals surface area contributed by atoms with E-state index in [2.05, 4.69) is 9.71 Å². The summed E-state index contributed by atoms with van der Waals surface area (Å²) in [6, 6.07) is 5.27. The highest BCUT2D eigenvalue weighted by Crippen LogP contribution is 2.24. The number of hydrogen-bond donors (Lipinski definition) is 4. The first-order chi connectivity index (χ1) is 10.2. The van der Waals surface area contributed by atoms with Gasteiger partial charge in [0.2, 0.25) is 0 Å². The zero-order chi connectivity index (χ0) is 16.5. The number of sulfonamides is 1. The maximum Gasteiger partial charge on any atom is 0.352 e. The second-order valence-corrected chi connectivity index (χ2v) is 6.14. The summed E-state index contributed by atoms with van der Waals surface area (Å²) in [5.74, 6) is -2.58. The summed E-state index contributed by atoms with van der Waals surface area (Å²) < 4.78 is 26.7. The summed E-state index contributed by atoms with van der Waals surface area (Å²) in [5.41, 5.74) is -0.119. The number of rotatable bonds is 5. The first-order valence-electron chi connectivity index (χ1n) is 6.00. The number of aryl methyl sites for hydroxylation is 1. The number of aromatic nitrogens is 1. The molecule has 1 heterocycles. The highest BCUT2D eigenvalue weighted by Gasteiger charge is 2.22. The van der Waals surface area contributed by atoms with Crippen molar-refractivity contribution in [2.75, 3.05) is 4.72 Å². The van der Waals surface area contributed by atoms with Crippen LogP contribution in [0.1, 0.15) is 26.4 Å². The molecule has 2 rings (SSSR count). The van der Waals surface area contributed by atoms with Gasteiger partial charge in [0, 0.05) is 6.20 Å². The quantitative estimate of drug-likeness (QED) is 0.658. The molecule has 0 atom stereocenters. The fourth-order valence-corrected chi connectivity index (χ4v) is 2.97. The van der Waals surface area contributed by atoms with Gasteiger partial charge in [-0.2, -0.15) is 0 Å². The van der Waals surface area contributed by atoms with Crippen molar-refractivity contribution in [2.45, 2.75) is 11.8 Å². The van der Waals surface area contributed by atoms with Crippen molar-refractivity contribution in [1.29, 1.82) is 0 Å². The number of anilines is 1. The molecule has 0 bridgehead atoms. The van der Waals surface area contributed by atoms with Crippen LogP contribution < -0.4 is 4.72 Å². The molecule has 0 fully saturated rings. The van der Waals surface area contributed by atoms with Crippen LogP contribution in [0.25, 0.3) is 0 Å². The maximum atomic E-state index is 12.2. The van der Waals surface area contributed by atoms with Crippen LogP contribution in [0.4, 0.5) is 5.69 Å². The molecule has 0 saturated heterocycles. The van der Waals surface area contributed by atoms with Gasteiger partial charge in [-0.1, -0.05) is 12.1 Å². The Labute approximate surface area is 125 Å². The first-order valence-corrected chi connectivity index (χ1v) is 7.48. The average Bonchev–Trinajstić information content (AvgIpc) is 2.91. The fourth-order valence-electron chi connectivity index (χ4n) is 1.83. The highest BCUT2D eigenvalue weighted by molar-refractivity contribution is 7.92. The van der Waals surface area contributed by atoms with Crippen molar-refractivity contribution in [3.63, 3.8) is 0 Å². The molecule has 8 nitrogen and oxygen atoms in total. The van der Waals surface area contributed by atoms with Gasteiger partial charge in [0.15, 0.2) is 0 Å². The summed E-state index contributed by atoms with van der Waals surface area (Å²) in [4.78, 5) is 24.0. The van der Waals surface area contributed by atoms with Gasteiger partial charge >= 0.3 is 11.9 Å². The number of carbonyl (C=O) groups is 2. The molecule has 9 heteroatoms. The second kappa shape index (κ2) is 5.53. The normalized spacial score (nSPS) is 11.1. The van der Waals surface area contributed by atoms with Gasteiger partial charge in [-0.25, -0.2) is 18.0 Å². The SMILES string of the molecule is Cc1cccc(C(=O)O)c1NS(=O)(=O)c1c[nH]c(C(=O)O)c1. The van der Waals surface area contributed by atoms with Crippen molar-refractivity contribution < 1.29 is 28.2 Å². The van der Waals surface area contributed by atoms with E-state index in [1.807, 2.05) is 0 Å². The Hall–Kier alpha value is -2.81. The smallest absolute Gasteiger partial charge is 0.352 e. The third-order valence-electron chi connectivity index (χ3n) is 2.94. The number of hydrogen-bond acceptors (Lipinski definition) is 4. The van der Waals surface area contributed by atoms with E-state index in [4.69, 9.17) is 10.2 Å². The van der Waals surface area contributed by atoms with E-state index in [1.165, 1.54) is 12.1 Å². The van der Waals surface area contributed by atoms with Crippen LogP contribution in [0, 0.1) is 6.92 Å². The Morgan fingerprint density at radius 2 is 1.86 bits per heavy atom. The number of benzene rings is 1. The van der Waals surface area contributed by atoms with Gasteiger partial charge in [-0.15, -0.1) is 0 Å². The van der Waals surface area contributed by atoms with Gasteiger partial charge in [0.1, 0.15) is 10.6 Å². The highest BCUT2D eigenvalue weighted by atomic mass is 32.2. The molecule has 0 unspecified atom stereocenters. The van der Waals surface area contributed by atoms with Crippen LogP contribution in [0.3, 0.4) is 0 Å². The molecule has 0 aliphatic rings. The Balaban J connectivity index is 2.45. The van der Waals surface area contributed by atoms with Crippen molar-refractivity contribution >= 4 is 27.6 Å². The molecule has 0 saturated carbocycles. The number of carboxylic acids is 2. The van der Waals surface area contributed by atoms with Crippen LogP contribution in [0.15, 0.2) is 35.4 Å². The van der Waals surface area contributed by atoms with Gasteiger partial charge < -0.3 is 15.2 Å². The number of aromatic carboxylic acids is 2. The first kappa shape index (κ1) is 15.6. The fraction of sp³-hybridized carbons (Fsp3) is 0.0769. The van der Waals surface area contributed by atoms with Crippen molar-refractivity contribution in [2.24, 2.45) is 0 Å². The Morgan fingerprint density at radius 1 is 1.18 bits per heavy atom. The minimum atomic E-state index is -4.11. The van der Waals surface area contributed by atoms with Crippen molar-refractivity contribution in [3.05, 3.63) is 47.3 Å². The average molecular weight is 324 g/mol. The molecule has 0 amide bonds. The molecule has 0 spiro atoms. The van der Waals surface area contributed by atoms with Gasteiger partial charge in [-0.3, -0.25) is 4.72 Å². The van der Waals surface area contributed by atoms with Crippen LogP contribution in [-0.2, 0) is 10.0 Å². The van der Waals surface area contributed by atoms with E-state index in [1.54, 1.807) is 13.0 Å². The van der Waals surface area contributed by atoms with E-state index >= 15 is 0 Å². The van der Waals surface area contributed by atoms with E-state index in [9.17, 15) is 18.0 Å². The Morgan fingerprint density at radius 3 is 2.41 bits per heavy atom. The van der Waals surface area contributed by atoms with Crippen molar-refractivity contribution in [1.82, 2.24) is 4.98 Å². The van der Waals surface area contributed by atoms with E-state index in [0.717, 1.165) is 12.3 Å². The standard InChI is InChI=1S/C13H12N2O6S/c1-7-3-2-4-9(12(16)17)11(7)15-22(20,21)8-5-10(13(18)19)14-6-8/h2-6,14-15H,1H3,(H,16,17)(H,18,19). The number of H-pyrrole nitrogens is 1. The lowest BCUT2D eigenvalue weighted by atomic mass is 10.1. The number of aromatic amines is 1. The Kier molecular flexibility index (Phi) is 3.91. The third-order valence-corrected chi connectivity index (χ3v) is 4.27. The zero-order valence-electron chi connectivity index (χ0n) is 11.3. The van der Waals surface area contributed by atoms with E-state index in [0.29, 0.717) is 5.56 Å². The summed E-state index contributed by atoms with van der Waals surface area (Å²) in [6.07, 6.45) is 1.02. The topological polar surface area (TPSA) is 137 Å². The number of nitrogens with one attached hydrogen (secondary N) is 2. The summed E-state index contributed by atoms with van der Waals surface area (Å²) in [6.45, 7) is 1.56. The molecule has 1 aromatic carbocycles. The summed E-state index contributed by atoms with van der Waals surface area (Å²) in [5, 5.41) is 17.9. The molecule has 0 aliphatic heterocycles. The third kappa shape index (κ3) is 2.93. The predicted molar refractivity (Wildman–Crippen MR) is 76.7 cm³/mol.